The highest BCUT2D eigenvalue weighted by molar-refractivity contribution is 5.87. The number of rotatable bonds is 2. The van der Waals surface area contributed by atoms with Crippen molar-refractivity contribution in [3.63, 3.8) is 0 Å². The molecule has 0 bridgehead atoms. The molecule has 0 atom stereocenters. The van der Waals surface area contributed by atoms with Crippen molar-refractivity contribution in [3.05, 3.63) is 30.1 Å². The second-order valence-corrected chi connectivity index (χ2v) is 2.36. The molecular formula is C9H10N2O2. The lowest BCUT2D eigenvalue weighted by molar-refractivity contribution is -0.134. The van der Waals surface area contributed by atoms with Gasteiger partial charge in [-0.2, -0.15) is 0 Å². The number of aromatic nitrogens is 1. The number of anilines is 1. The molecule has 0 aliphatic rings. The van der Waals surface area contributed by atoms with Crippen LogP contribution in [0.4, 0.5) is 5.69 Å². The van der Waals surface area contributed by atoms with Gasteiger partial charge in [-0.05, 0) is 12.1 Å². The molecule has 1 aromatic rings. The average molecular weight is 178 g/mol. The van der Waals surface area contributed by atoms with Crippen LogP contribution >= 0.6 is 0 Å². The standard InChI is InChI=1S/C9H10N2O2/c1-13-9(12)3-2-7-6-11-5-4-8(7)10/h2-6H,1H3,(H2,10,11). The van der Waals surface area contributed by atoms with Gasteiger partial charge < -0.3 is 10.5 Å². The minimum Gasteiger partial charge on any atom is -0.466 e. The van der Waals surface area contributed by atoms with Gasteiger partial charge in [0.2, 0.25) is 0 Å². The number of nitrogens with zero attached hydrogens (tertiary/aromatic N) is 1. The Bertz CT molecular complexity index is 334. The van der Waals surface area contributed by atoms with Crippen molar-refractivity contribution in [3.8, 4) is 0 Å². The molecule has 13 heavy (non-hydrogen) atoms. The van der Waals surface area contributed by atoms with Gasteiger partial charge in [-0.15, -0.1) is 0 Å². The van der Waals surface area contributed by atoms with Crippen LogP contribution in [0.1, 0.15) is 5.56 Å². The lowest BCUT2D eigenvalue weighted by atomic mass is 10.2. The van der Waals surface area contributed by atoms with Gasteiger partial charge in [-0.1, -0.05) is 0 Å². The van der Waals surface area contributed by atoms with E-state index in [1.807, 2.05) is 0 Å². The lowest BCUT2D eigenvalue weighted by Crippen LogP contribution is -1.94. The first-order valence-corrected chi connectivity index (χ1v) is 3.69. The van der Waals surface area contributed by atoms with E-state index in [2.05, 4.69) is 9.72 Å². The largest absolute Gasteiger partial charge is 0.466 e. The van der Waals surface area contributed by atoms with E-state index in [0.717, 1.165) is 0 Å². The maximum Gasteiger partial charge on any atom is 0.330 e. The van der Waals surface area contributed by atoms with Crippen LogP contribution in [0, 0.1) is 0 Å². The summed E-state index contributed by atoms with van der Waals surface area (Å²) >= 11 is 0. The van der Waals surface area contributed by atoms with Gasteiger partial charge in [0.15, 0.2) is 0 Å². The molecule has 2 N–H and O–H groups in total. The molecule has 0 aliphatic carbocycles. The van der Waals surface area contributed by atoms with Crippen LogP contribution in [0.25, 0.3) is 6.08 Å². The molecule has 0 amide bonds. The fourth-order valence-electron chi connectivity index (χ4n) is 0.783. The molecule has 0 saturated heterocycles. The van der Waals surface area contributed by atoms with E-state index < -0.39 is 5.97 Å². The minimum absolute atomic E-state index is 0.414. The summed E-state index contributed by atoms with van der Waals surface area (Å²) in [6, 6.07) is 1.66. The highest BCUT2D eigenvalue weighted by atomic mass is 16.5. The topological polar surface area (TPSA) is 65.2 Å². The monoisotopic (exact) mass is 178 g/mol. The van der Waals surface area contributed by atoms with Crippen LogP contribution < -0.4 is 5.73 Å². The Kier molecular flexibility index (Phi) is 3.03. The molecule has 0 aliphatic heterocycles. The van der Waals surface area contributed by atoms with Crippen molar-refractivity contribution < 1.29 is 9.53 Å². The number of hydrogen-bond donors (Lipinski definition) is 1. The Morgan fingerprint density at radius 2 is 2.46 bits per heavy atom. The molecule has 1 heterocycles. The van der Waals surface area contributed by atoms with Crippen molar-refractivity contribution in [1.29, 1.82) is 0 Å². The summed E-state index contributed by atoms with van der Waals surface area (Å²) in [6.07, 6.45) is 6.03. The number of carbonyl (C=O) groups excluding carboxylic acids is 1. The zero-order chi connectivity index (χ0) is 9.68. The number of ether oxygens (including phenoxy) is 1. The van der Waals surface area contributed by atoms with Crippen LogP contribution in [-0.4, -0.2) is 18.1 Å². The van der Waals surface area contributed by atoms with Gasteiger partial charge in [-0.25, -0.2) is 4.79 Å². The zero-order valence-electron chi connectivity index (χ0n) is 7.23. The highest BCUT2D eigenvalue weighted by Crippen LogP contribution is 2.10. The molecule has 4 nitrogen and oxygen atoms in total. The highest BCUT2D eigenvalue weighted by Gasteiger charge is 1.95. The van der Waals surface area contributed by atoms with Gasteiger partial charge in [0.05, 0.1) is 7.11 Å². The number of esters is 1. The molecule has 68 valence electrons. The number of nitrogens with two attached hydrogens (primary N) is 1. The summed E-state index contributed by atoms with van der Waals surface area (Å²) in [5.41, 5.74) is 6.89. The number of nitrogen functional groups attached to an aromatic ring is 1. The Balaban J connectivity index is 2.80. The van der Waals surface area contributed by atoms with Gasteiger partial charge in [-0.3, -0.25) is 4.98 Å². The Morgan fingerprint density at radius 3 is 3.08 bits per heavy atom. The maximum absolute atomic E-state index is 10.7. The van der Waals surface area contributed by atoms with Gasteiger partial charge in [0.25, 0.3) is 0 Å². The van der Waals surface area contributed by atoms with Crippen LogP contribution in [0.5, 0.6) is 0 Å². The Labute approximate surface area is 76.0 Å². The van der Waals surface area contributed by atoms with Crippen LogP contribution in [0.3, 0.4) is 0 Å². The SMILES string of the molecule is COC(=O)C=Cc1cnccc1N. The van der Waals surface area contributed by atoms with E-state index in [9.17, 15) is 4.79 Å². The van der Waals surface area contributed by atoms with Crippen molar-refractivity contribution in [2.75, 3.05) is 12.8 Å². The van der Waals surface area contributed by atoms with Crippen molar-refractivity contribution in [1.82, 2.24) is 4.98 Å². The van der Waals surface area contributed by atoms with E-state index in [4.69, 9.17) is 5.73 Å². The van der Waals surface area contributed by atoms with Crippen molar-refractivity contribution in [2.45, 2.75) is 0 Å². The van der Waals surface area contributed by atoms with Crippen molar-refractivity contribution in [2.24, 2.45) is 0 Å². The van der Waals surface area contributed by atoms with E-state index in [1.54, 1.807) is 24.5 Å². The maximum atomic E-state index is 10.7. The summed E-state index contributed by atoms with van der Waals surface area (Å²) < 4.78 is 4.42. The molecule has 0 aromatic carbocycles. The van der Waals surface area contributed by atoms with Crippen LogP contribution in [-0.2, 0) is 9.53 Å². The quantitative estimate of drug-likeness (QED) is 0.538. The number of carbonyl (C=O) groups is 1. The van der Waals surface area contributed by atoms with E-state index in [1.165, 1.54) is 13.2 Å². The molecule has 0 spiro atoms. The third kappa shape index (κ3) is 2.59. The molecule has 4 heteroatoms. The van der Waals surface area contributed by atoms with Gasteiger partial charge in [0, 0.05) is 29.7 Å². The summed E-state index contributed by atoms with van der Waals surface area (Å²) in [5, 5.41) is 0. The van der Waals surface area contributed by atoms with Gasteiger partial charge in [0.1, 0.15) is 0 Å². The lowest BCUT2D eigenvalue weighted by Gasteiger charge is -1.96. The third-order valence-corrected chi connectivity index (χ3v) is 1.49. The first-order valence-electron chi connectivity index (χ1n) is 3.69. The van der Waals surface area contributed by atoms with E-state index in [0.29, 0.717) is 11.3 Å². The second kappa shape index (κ2) is 4.25. The average Bonchev–Trinajstić information content (AvgIpc) is 2.16. The summed E-state index contributed by atoms with van der Waals surface area (Å²) in [7, 11) is 1.32. The number of hydrogen-bond acceptors (Lipinski definition) is 4. The molecule has 1 rings (SSSR count). The molecule has 0 radical (unpaired) electrons. The van der Waals surface area contributed by atoms with E-state index in [-0.39, 0.29) is 0 Å². The van der Waals surface area contributed by atoms with E-state index >= 15 is 0 Å². The smallest absolute Gasteiger partial charge is 0.330 e. The Hall–Kier alpha value is -1.84. The van der Waals surface area contributed by atoms with Crippen LogP contribution in [0.15, 0.2) is 24.5 Å². The van der Waals surface area contributed by atoms with Crippen LogP contribution in [0.2, 0.25) is 0 Å². The van der Waals surface area contributed by atoms with Crippen molar-refractivity contribution >= 4 is 17.7 Å². The number of methoxy groups -OCH3 is 1. The predicted octanol–water partition coefficient (Wildman–Crippen LogP) is 0.850. The summed E-state index contributed by atoms with van der Waals surface area (Å²) in [6.45, 7) is 0. The van der Waals surface area contributed by atoms with Gasteiger partial charge >= 0.3 is 5.97 Å². The zero-order valence-corrected chi connectivity index (χ0v) is 7.23. The molecule has 0 unspecified atom stereocenters. The Morgan fingerprint density at radius 1 is 1.69 bits per heavy atom. The molecule has 0 fully saturated rings. The summed E-state index contributed by atoms with van der Waals surface area (Å²) in [4.78, 5) is 14.6. The first-order chi connectivity index (χ1) is 6.24. The molecular weight excluding hydrogens is 168 g/mol. The fourth-order valence-corrected chi connectivity index (χ4v) is 0.783. The predicted molar refractivity (Wildman–Crippen MR) is 49.7 cm³/mol. The second-order valence-electron chi connectivity index (χ2n) is 2.36. The molecule has 1 aromatic heterocycles. The fraction of sp³-hybridized carbons (Fsp3) is 0.111. The minimum atomic E-state index is -0.414. The summed E-state index contributed by atoms with van der Waals surface area (Å²) in [5.74, 6) is -0.414. The normalized spacial score (nSPS) is 10.2. The first kappa shape index (κ1) is 9.25. The third-order valence-electron chi connectivity index (χ3n) is 1.49. The molecule has 0 saturated carbocycles. The number of pyridine rings is 1.